The normalized spacial score (nSPS) is 28.5. The predicted octanol–water partition coefficient (Wildman–Crippen LogP) is 0.970. The maximum absolute atomic E-state index is 10.6. The summed E-state index contributed by atoms with van der Waals surface area (Å²) >= 11 is 0. The first-order valence-electron chi connectivity index (χ1n) is 4.74. The lowest BCUT2D eigenvalue weighted by Gasteiger charge is -2.15. The molecule has 76 valence electrons. The second kappa shape index (κ2) is 3.96. The summed E-state index contributed by atoms with van der Waals surface area (Å²) in [5.41, 5.74) is 5.85. The van der Waals surface area contributed by atoms with Crippen molar-refractivity contribution in [2.24, 2.45) is 17.6 Å². The Morgan fingerprint density at radius 1 is 1.62 bits per heavy atom. The summed E-state index contributed by atoms with van der Waals surface area (Å²) in [5.74, 6) is 0.931. The van der Waals surface area contributed by atoms with Crippen LogP contribution in [0.2, 0.25) is 0 Å². The van der Waals surface area contributed by atoms with Crippen molar-refractivity contribution < 1.29 is 9.90 Å². The third kappa shape index (κ3) is 2.59. The van der Waals surface area contributed by atoms with E-state index in [4.69, 9.17) is 10.8 Å². The Hall–Kier alpha value is -0.770. The highest BCUT2D eigenvalue weighted by atomic mass is 16.4. The van der Waals surface area contributed by atoms with Crippen LogP contribution in [0, 0.1) is 11.8 Å². The van der Waals surface area contributed by atoms with Crippen LogP contribution in [0.1, 0.15) is 20.3 Å². The van der Waals surface area contributed by atoms with Crippen molar-refractivity contribution in [1.82, 2.24) is 4.90 Å². The van der Waals surface area contributed by atoms with Crippen LogP contribution < -0.4 is 5.73 Å². The summed E-state index contributed by atoms with van der Waals surface area (Å²) in [7, 11) is 0. The van der Waals surface area contributed by atoms with E-state index >= 15 is 0 Å². The molecule has 0 aliphatic carbocycles. The fourth-order valence-electron chi connectivity index (χ4n) is 1.91. The van der Waals surface area contributed by atoms with Gasteiger partial charge in [0.15, 0.2) is 0 Å². The molecule has 4 heteroatoms. The van der Waals surface area contributed by atoms with Gasteiger partial charge in [-0.25, -0.2) is 4.79 Å². The van der Waals surface area contributed by atoms with Gasteiger partial charge in [0.25, 0.3) is 0 Å². The zero-order valence-corrected chi connectivity index (χ0v) is 8.23. The van der Waals surface area contributed by atoms with Crippen molar-refractivity contribution >= 4 is 6.09 Å². The standard InChI is InChI=1S/C9H18N2O2/c1-6(2)3-7-4-11(9(12)13)5-8(7)10/h6-8H,3-5,10H2,1-2H3,(H,12,13). The molecule has 1 saturated heterocycles. The Morgan fingerprint density at radius 2 is 2.23 bits per heavy atom. The Morgan fingerprint density at radius 3 is 2.62 bits per heavy atom. The van der Waals surface area contributed by atoms with E-state index in [9.17, 15) is 4.79 Å². The van der Waals surface area contributed by atoms with Crippen molar-refractivity contribution in [2.45, 2.75) is 26.3 Å². The molecule has 0 saturated carbocycles. The predicted molar refractivity (Wildman–Crippen MR) is 50.5 cm³/mol. The molecular formula is C9H18N2O2. The zero-order chi connectivity index (χ0) is 10.0. The lowest BCUT2D eigenvalue weighted by molar-refractivity contribution is 0.153. The first kappa shape index (κ1) is 10.3. The van der Waals surface area contributed by atoms with Gasteiger partial charge in [-0.3, -0.25) is 0 Å². The average Bonchev–Trinajstić information content (AvgIpc) is 2.31. The Labute approximate surface area is 78.7 Å². The van der Waals surface area contributed by atoms with Crippen LogP contribution in [0.5, 0.6) is 0 Å². The first-order chi connectivity index (χ1) is 6.00. The largest absolute Gasteiger partial charge is 0.465 e. The molecular weight excluding hydrogens is 168 g/mol. The van der Waals surface area contributed by atoms with Crippen LogP contribution in [0.25, 0.3) is 0 Å². The molecule has 3 N–H and O–H groups in total. The molecule has 2 unspecified atom stereocenters. The maximum Gasteiger partial charge on any atom is 0.407 e. The molecule has 1 aliphatic heterocycles. The molecule has 1 rings (SSSR count). The van der Waals surface area contributed by atoms with Crippen molar-refractivity contribution in [3.8, 4) is 0 Å². The number of hydrogen-bond donors (Lipinski definition) is 2. The number of carboxylic acid groups (broad SMARTS) is 1. The van der Waals surface area contributed by atoms with Crippen molar-refractivity contribution in [3.05, 3.63) is 0 Å². The molecule has 4 nitrogen and oxygen atoms in total. The summed E-state index contributed by atoms with van der Waals surface area (Å²) in [6.07, 6.45) is 0.173. The summed E-state index contributed by atoms with van der Waals surface area (Å²) in [4.78, 5) is 12.1. The zero-order valence-electron chi connectivity index (χ0n) is 8.23. The van der Waals surface area contributed by atoms with Crippen molar-refractivity contribution in [3.63, 3.8) is 0 Å². The third-order valence-electron chi connectivity index (χ3n) is 2.54. The molecule has 1 amide bonds. The highest BCUT2D eigenvalue weighted by molar-refractivity contribution is 5.65. The first-order valence-corrected chi connectivity index (χ1v) is 4.74. The molecule has 0 radical (unpaired) electrons. The number of carbonyl (C=O) groups is 1. The lowest BCUT2D eigenvalue weighted by Crippen LogP contribution is -2.31. The van der Waals surface area contributed by atoms with Gasteiger partial charge in [0.1, 0.15) is 0 Å². The molecule has 1 aliphatic rings. The van der Waals surface area contributed by atoms with E-state index < -0.39 is 6.09 Å². The van der Waals surface area contributed by atoms with Crippen LogP contribution in [0.4, 0.5) is 4.79 Å². The van der Waals surface area contributed by atoms with E-state index in [1.165, 1.54) is 4.90 Å². The summed E-state index contributed by atoms with van der Waals surface area (Å²) < 4.78 is 0. The highest BCUT2D eigenvalue weighted by Gasteiger charge is 2.32. The van der Waals surface area contributed by atoms with E-state index in [2.05, 4.69) is 13.8 Å². The van der Waals surface area contributed by atoms with Crippen LogP contribution in [0.15, 0.2) is 0 Å². The minimum Gasteiger partial charge on any atom is -0.465 e. The monoisotopic (exact) mass is 186 g/mol. The quantitative estimate of drug-likeness (QED) is 0.675. The fourth-order valence-corrected chi connectivity index (χ4v) is 1.91. The summed E-state index contributed by atoms with van der Waals surface area (Å²) in [6.45, 7) is 5.37. The maximum atomic E-state index is 10.6. The summed E-state index contributed by atoms with van der Waals surface area (Å²) in [6, 6.07) is 0.0264. The van der Waals surface area contributed by atoms with E-state index in [-0.39, 0.29) is 6.04 Å². The molecule has 1 fully saturated rings. The molecule has 0 aromatic carbocycles. The van der Waals surface area contributed by atoms with Gasteiger partial charge < -0.3 is 15.7 Å². The molecule has 0 bridgehead atoms. The van der Waals surface area contributed by atoms with Crippen molar-refractivity contribution in [2.75, 3.05) is 13.1 Å². The van der Waals surface area contributed by atoms with Gasteiger partial charge in [0.05, 0.1) is 0 Å². The van der Waals surface area contributed by atoms with E-state index in [1.807, 2.05) is 0 Å². The van der Waals surface area contributed by atoms with Gasteiger partial charge in [-0.05, 0) is 18.3 Å². The van der Waals surface area contributed by atoms with Gasteiger partial charge in [-0.15, -0.1) is 0 Å². The number of amides is 1. The fraction of sp³-hybridized carbons (Fsp3) is 0.889. The minimum absolute atomic E-state index is 0.0264. The van der Waals surface area contributed by atoms with Gasteiger partial charge in [0.2, 0.25) is 0 Å². The smallest absolute Gasteiger partial charge is 0.407 e. The van der Waals surface area contributed by atoms with Gasteiger partial charge in [-0.1, -0.05) is 13.8 Å². The van der Waals surface area contributed by atoms with Crippen LogP contribution in [-0.2, 0) is 0 Å². The lowest BCUT2D eigenvalue weighted by atomic mass is 9.94. The van der Waals surface area contributed by atoms with E-state index in [0.29, 0.717) is 24.9 Å². The topological polar surface area (TPSA) is 66.6 Å². The number of likely N-dealkylation sites (tertiary alicyclic amines) is 1. The van der Waals surface area contributed by atoms with Crippen LogP contribution in [-0.4, -0.2) is 35.2 Å². The number of nitrogens with zero attached hydrogens (tertiary/aromatic N) is 1. The molecule has 13 heavy (non-hydrogen) atoms. The van der Waals surface area contributed by atoms with Crippen molar-refractivity contribution in [1.29, 1.82) is 0 Å². The van der Waals surface area contributed by atoms with Gasteiger partial charge in [0, 0.05) is 19.1 Å². The molecule has 0 spiro atoms. The Balaban J connectivity index is 2.46. The Bertz CT molecular complexity index is 194. The molecule has 0 aromatic rings. The highest BCUT2D eigenvalue weighted by Crippen LogP contribution is 2.22. The SMILES string of the molecule is CC(C)CC1CN(C(=O)O)CC1N. The molecule has 2 atom stereocenters. The average molecular weight is 186 g/mol. The summed E-state index contributed by atoms with van der Waals surface area (Å²) in [5, 5.41) is 8.75. The van der Waals surface area contributed by atoms with Gasteiger partial charge >= 0.3 is 6.09 Å². The molecule has 0 aromatic heterocycles. The third-order valence-corrected chi connectivity index (χ3v) is 2.54. The molecule has 1 heterocycles. The second-order valence-electron chi connectivity index (χ2n) is 4.24. The number of nitrogens with two attached hydrogens (primary N) is 1. The van der Waals surface area contributed by atoms with Gasteiger partial charge in [-0.2, -0.15) is 0 Å². The van der Waals surface area contributed by atoms with E-state index in [0.717, 1.165) is 6.42 Å². The van der Waals surface area contributed by atoms with E-state index in [1.54, 1.807) is 0 Å². The Kier molecular flexibility index (Phi) is 3.14. The van der Waals surface area contributed by atoms with Crippen LogP contribution >= 0.6 is 0 Å². The minimum atomic E-state index is -0.846. The van der Waals surface area contributed by atoms with Crippen LogP contribution in [0.3, 0.4) is 0 Å². The number of hydrogen-bond acceptors (Lipinski definition) is 2. The second-order valence-corrected chi connectivity index (χ2v) is 4.24. The number of rotatable bonds is 2.